The van der Waals surface area contributed by atoms with Crippen LogP contribution in [0.15, 0.2) is 0 Å². The molecule has 0 amide bonds. The second kappa shape index (κ2) is 7.45. The van der Waals surface area contributed by atoms with Crippen LogP contribution in [-0.4, -0.2) is 38.3 Å². The van der Waals surface area contributed by atoms with Gasteiger partial charge in [-0.2, -0.15) is 0 Å². The highest BCUT2D eigenvalue weighted by Crippen LogP contribution is 2.06. The first kappa shape index (κ1) is 14.2. The summed E-state index contributed by atoms with van der Waals surface area (Å²) in [6.07, 6.45) is 1.48. The Kier molecular flexibility index (Phi) is 7.54. The van der Waals surface area contributed by atoms with Crippen LogP contribution in [0.4, 0.5) is 0 Å². The van der Waals surface area contributed by atoms with Gasteiger partial charge in [0.25, 0.3) is 0 Å². The molecule has 4 nitrogen and oxygen atoms in total. The van der Waals surface area contributed by atoms with Gasteiger partial charge in [0.1, 0.15) is 0 Å². The summed E-state index contributed by atoms with van der Waals surface area (Å²) < 4.78 is 24.9. The van der Waals surface area contributed by atoms with Crippen molar-refractivity contribution in [2.75, 3.05) is 24.8 Å². The van der Waals surface area contributed by atoms with Gasteiger partial charge in [-0.1, -0.05) is 13.3 Å². The van der Waals surface area contributed by atoms with Gasteiger partial charge < -0.3 is 5.11 Å². The minimum absolute atomic E-state index is 0.0515. The molecular weight excluding hydrogens is 226 g/mol. The molecule has 0 saturated heterocycles. The Bertz CT molecular complexity index is 231. The summed E-state index contributed by atoms with van der Waals surface area (Å²) in [6.45, 7) is 2.45. The zero-order chi connectivity index (χ0) is 11.0. The molecule has 0 aromatic carbocycles. The fourth-order valence-corrected chi connectivity index (χ4v) is 2.50. The Labute approximate surface area is 90.7 Å². The zero-order valence-corrected chi connectivity index (χ0v) is 9.94. The Morgan fingerprint density at radius 2 is 2.14 bits per heavy atom. The largest absolute Gasteiger partial charge is 0.396 e. The lowest BCUT2D eigenvalue weighted by Gasteiger charge is -2.13. The van der Waals surface area contributed by atoms with Gasteiger partial charge in [-0.25, -0.2) is 13.1 Å². The lowest BCUT2D eigenvalue weighted by atomic mass is 10.0. The summed E-state index contributed by atoms with van der Waals surface area (Å²) >= 11 is 5.34. The Hall–Kier alpha value is 0.160. The smallest absolute Gasteiger partial charge is 0.212 e. The highest BCUT2D eigenvalue weighted by Gasteiger charge is 2.12. The van der Waals surface area contributed by atoms with Crippen LogP contribution >= 0.6 is 11.6 Å². The Morgan fingerprint density at radius 3 is 2.57 bits per heavy atom. The van der Waals surface area contributed by atoms with E-state index in [1.807, 2.05) is 6.92 Å². The molecule has 0 spiro atoms. The standard InChI is InChI=1S/C8H18ClNO3S/c1-2-8(3-5-11)7-10-14(12,13)6-4-9/h8,10-11H,2-7H2,1H3. The van der Waals surface area contributed by atoms with E-state index >= 15 is 0 Å². The van der Waals surface area contributed by atoms with E-state index in [1.54, 1.807) is 0 Å². The van der Waals surface area contributed by atoms with Gasteiger partial charge in [0.05, 0.1) is 5.75 Å². The van der Waals surface area contributed by atoms with E-state index in [-0.39, 0.29) is 24.2 Å². The zero-order valence-electron chi connectivity index (χ0n) is 8.37. The molecule has 0 heterocycles. The van der Waals surface area contributed by atoms with Gasteiger partial charge in [-0.05, 0) is 12.3 Å². The number of sulfonamides is 1. The van der Waals surface area contributed by atoms with E-state index in [4.69, 9.17) is 16.7 Å². The lowest BCUT2D eigenvalue weighted by molar-refractivity contribution is 0.254. The molecule has 2 N–H and O–H groups in total. The molecule has 0 aromatic heterocycles. The summed E-state index contributed by atoms with van der Waals surface area (Å²) in [6, 6.07) is 0. The predicted octanol–water partition coefficient (Wildman–Crippen LogP) is 0.553. The van der Waals surface area contributed by atoms with Gasteiger partial charge in [-0.15, -0.1) is 11.6 Å². The van der Waals surface area contributed by atoms with Crippen molar-refractivity contribution in [3.05, 3.63) is 0 Å². The monoisotopic (exact) mass is 243 g/mol. The van der Waals surface area contributed by atoms with E-state index in [0.29, 0.717) is 13.0 Å². The van der Waals surface area contributed by atoms with Crippen molar-refractivity contribution in [2.24, 2.45) is 5.92 Å². The van der Waals surface area contributed by atoms with Gasteiger partial charge in [0.2, 0.25) is 10.0 Å². The molecule has 1 atom stereocenters. The third kappa shape index (κ3) is 6.59. The summed E-state index contributed by atoms with van der Waals surface area (Å²) in [7, 11) is -3.22. The number of alkyl halides is 1. The second-order valence-electron chi connectivity index (χ2n) is 3.14. The maximum atomic E-state index is 11.2. The average Bonchev–Trinajstić information content (AvgIpc) is 2.12. The van der Waals surface area contributed by atoms with E-state index in [9.17, 15) is 8.42 Å². The number of aliphatic hydroxyl groups excluding tert-OH is 1. The molecule has 0 bridgehead atoms. The molecule has 0 rings (SSSR count). The predicted molar refractivity (Wildman–Crippen MR) is 58.0 cm³/mol. The van der Waals surface area contributed by atoms with Crippen LogP contribution in [0.1, 0.15) is 19.8 Å². The number of rotatable bonds is 8. The first-order valence-corrected chi connectivity index (χ1v) is 6.88. The van der Waals surface area contributed by atoms with E-state index in [1.165, 1.54) is 0 Å². The summed E-state index contributed by atoms with van der Waals surface area (Å²) in [5.41, 5.74) is 0. The summed E-state index contributed by atoms with van der Waals surface area (Å²) in [5.74, 6) is 0.251. The lowest BCUT2D eigenvalue weighted by Crippen LogP contribution is -2.32. The molecule has 86 valence electrons. The van der Waals surface area contributed by atoms with Crippen LogP contribution in [0.25, 0.3) is 0 Å². The van der Waals surface area contributed by atoms with Crippen LogP contribution in [0.3, 0.4) is 0 Å². The SMILES string of the molecule is CCC(CCO)CNS(=O)(=O)CCCl. The Morgan fingerprint density at radius 1 is 1.50 bits per heavy atom. The van der Waals surface area contributed by atoms with Gasteiger partial charge in [-0.3, -0.25) is 0 Å². The molecule has 0 aliphatic heterocycles. The van der Waals surface area contributed by atoms with E-state index in [0.717, 1.165) is 6.42 Å². The topological polar surface area (TPSA) is 66.4 Å². The molecule has 0 fully saturated rings. The van der Waals surface area contributed by atoms with Gasteiger partial charge in [0, 0.05) is 19.0 Å². The maximum Gasteiger partial charge on any atom is 0.212 e. The third-order valence-electron chi connectivity index (χ3n) is 2.05. The molecule has 0 aliphatic carbocycles. The van der Waals surface area contributed by atoms with Crippen LogP contribution < -0.4 is 4.72 Å². The first-order valence-electron chi connectivity index (χ1n) is 4.70. The minimum atomic E-state index is -3.22. The third-order valence-corrected chi connectivity index (χ3v) is 3.81. The summed E-state index contributed by atoms with van der Waals surface area (Å²) in [5, 5.41) is 8.70. The number of hydrogen-bond donors (Lipinski definition) is 2. The number of hydrogen-bond acceptors (Lipinski definition) is 3. The van der Waals surface area contributed by atoms with Crippen molar-refractivity contribution in [3.8, 4) is 0 Å². The maximum absolute atomic E-state index is 11.2. The van der Waals surface area contributed by atoms with Crippen molar-refractivity contribution < 1.29 is 13.5 Å². The average molecular weight is 244 g/mol. The number of nitrogens with one attached hydrogen (secondary N) is 1. The molecule has 0 aromatic rings. The van der Waals surface area contributed by atoms with Crippen molar-refractivity contribution in [2.45, 2.75) is 19.8 Å². The molecule has 14 heavy (non-hydrogen) atoms. The van der Waals surface area contributed by atoms with Gasteiger partial charge in [0.15, 0.2) is 0 Å². The normalized spacial score (nSPS) is 14.2. The van der Waals surface area contributed by atoms with Crippen LogP contribution in [0.2, 0.25) is 0 Å². The highest BCUT2D eigenvalue weighted by atomic mass is 35.5. The van der Waals surface area contributed by atoms with E-state index in [2.05, 4.69) is 4.72 Å². The minimum Gasteiger partial charge on any atom is -0.396 e. The first-order chi connectivity index (χ1) is 6.55. The second-order valence-corrected chi connectivity index (χ2v) is 5.45. The molecule has 0 saturated carbocycles. The fraction of sp³-hybridized carbons (Fsp3) is 1.00. The number of aliphatic hydroxyl groups is 1. The number of halogens is 1. The fourth-order valence-electron chi connectivity index (χ4n) is 1.05. The highest BCUT2D eigenvalue weighted by molar-refractivity contribution is 7.89. The molecule has 1 unspecified atom stereocenters. The molecule has 6 heteroatoms. The molecule has 0 aliphatic rings. The van der Waals surface area contributed by atoms with Crippen LogP contribution in [0, 0.1) is 5.92 Å². The van der Waals surface area contributed by atoms with Crippen LogP contribution in [-0.2, 0) is 10.0 Å². The van der Waals surface area contributed by atoms with Gasteiger partial charge >= 0.3 is 0 Å². The van der Waals surface area contributed by atoms with Crippen molar-refractivity contribution >= 4 is 21.6 Å². The quantitative estimate of drug-likeness (QED) is 0.612. The molecule has 0 radical (unpaired) electrons. The van der Waals surface area contributed by atoms with Crippen molar-refractivity contribution in [1.82, 2.24) is 4.72 Å². The van der Waals surface area contributed by atoms with Crippen molar-refractivity contribution in [1.29, 1.82) is 0 Å². The Balaban J connectivity index is 3.89. The van der Waals surface area contributed by atoms with E-state index < -0.39 is 10.0 Å². The van der Waals surface area contributed by atoms with Crippen molar-refractivity contribution in [3.63, 3.8) is 0 Å². The molecular formula is C8H18ClNO3S. The summed E-state index contributed by atoms with van der Waals surface area (Å²) in [4.78, 5) is 0. The van der Waals surface area contributed by atoms with Crippen LogP contribution in [0.5, 0.6) is 0 Å².